The van der Waals surface area contributed by atoms with Crippen molar-refractivity contribution >= 4 is 35.8 Å². The number of hydrogen-bond donors (Lipinski definition) is 2. The van der Waals surface area contributed by atoms with Crippen LogP contribution in [-0.4, -0.2) is 66.7 Å². The Kier molecular flexibility index (Phi) is 9.88. The highest BCUT2D eigenvalue weighted by molar-refractivity contribution is 14.0. The maximum absolute atomic E-state index is 14.0. The zero-order chi connectivity index (χ0) is 19.9. The lowest BCUT2D eigenvalue weighted by molar-refractivity contribution is 0.118. The lowest BCUT2D eigenvalue weighted by Gasteiger charge is -2.37. The first-order chi connectivity index (χ1) is 13.6. The topological polar surface area (TPSA) is 55.8 Å². The fraction of sp³-hybridized carbons (Fsp3) is 0.714. The minimum atomic E-state index is -0.256. The average Bonchev–Trinajstić information content (AvgIpc) is 3.15. The van der Waals surface area contributed by atoms with Gasteiger partial charge in [-0.15, -0.1) is 24.0 Å². The van der Waals surface area contributed by atoms with Gasteiger partial charge in [-0.3, -0.25) is 9.89 Å². The minimum absolute atomic E-state index is 0. The molecule has 3 atom stereocenters. The smallest absolute Gasteiger partial charge is 0.191 e. The average molecular weight is 518 g/mol. The zero-order valence-electron chi connectivity index (χ0n) is 17.9. The molecule has 0 bridgehead atoms. The number of nitrogens with zero attached hydrogens (tertiary/aromatic N) is 4. The highest BCUT2D eigenvalue weighted by Gasteiger charge is 2.26. The second kappa shape index (κ2) is 11.9. The SMILES string of the molecule is CCNC(=NCC(C)N1CCCCC1C)NC1CCN(c2ncccc2F)C1.I. The van der Waals surface area contributed by atoms with Crippen molar-refractivity contribution in [2.24, 2.45) is 4.99 Å². The molecule has 0 aromatic carbocycles. The van der Waals surface area contributed by atoms with E-state index in [1.165, 1.54) is 31.9 Å². The van der Waals surface area contributed by atoms with Crippen molar-refractivity contribution in [1.82, 2.24) is 20.5 Å². The number of hydrogen-bond acceptors (Lipinski definition) is 4. The number of nitrogens with one attached hydrogen (secondary N) is 2. The normalized spacial score (nSPS) is 24.1. The van der Waals surface area contributed by atoms with E-state index in [0.29, 0.717) is 17.9 Å². The maximum atomic E-state index is 14.0. The first-order valence-corrected chi connectivity index (χ1v) is 10.7. The third-order valence-corrected chi connectivity index (χ3v) is 5.85. The van der Waals surface area contributed by atoms with Gasteiger partial charge in [0.1, 0.15) is 0 Å². The molecule has 0 amide bonds. The van der Waals surface area contributed by atoms with Crippen LogP contribution in [0.3, 0.4) is 0 Å². The summed E-state index contributed by atoms with van der Waals surface area (Å²) in [6.45, 7) is 11.0. The highest BCUT2D eigenvalue weighted by Crippen LogP contribution is 2.21. The molecule has 29 heavy (non-hydrogen) atoms. The quantitative estimate of drug-likeness (QED) is 0.344. The van der Waals surface area contributed by atoms with Gasteiger partial charge in [0.2, 0.25) is 0 Å². The largest absolute Gasteiger partial charge is 0.357 e. The Labute approximate surface area is 191 Å². The molecule has 2 N–H and O–H groups in total. The van der Waals surface area contributed by atoms with Crippen LogP contribution in [0.15, 0.2) is 23.3 Å². The molecule has 0 radical (unpaired) electrons. The van der Waals surface area contributed by atoms with Gasteiger partial charge in [-0.05, 0) is 58.7 Å². The summed E-state index contributed by atoms with van der Waals surface area (Å²) in [4.78, 5) is 13.6. The van der Waals surface area contributed by atoms with Gasteiger partial charge in [0.25, 0.3) is 0 Å². The molecule has 6 nitrogen and oxygen atoms in total. The summed E-state index contributed by atoms with van der Waals surface area (Å²) in [6.07, 6.45) is 6.51. The lowest BCUT2D eigenvalue weighted by Crippen LogP contribution is -2.47. The Hall–Kier alpha value is -1.16. The third-order valence-electron chi connectivity index (χ3n) is 5.85. The molecule has 2 aliphatic rings. The number of guanidine groups is 1. The number of aromatic nitrogens is 1. The first-order valence-electron chi connectivity index (χ1n) is 10.7. The third kappa shape index (κ3) is 6.67. The van der Waals surface area contributed by atoms with E-state index in [4.69, 9.17) is 4.99 Å². The second-order valence-corrected chi connectivity index (χ2v) is 8.04. The van der Waals surface area contributed by atoms with E-state index in [2.05, 4.69) is 41.3 Å². The molecule has 164 valence electrons. The van der Waals surface area contributed by atoms with Crippen LogP contribution in [0.5, 0.6) is 0 Å². The molecule has 3 rings (SSSR count). The van der Waals surface area contributed by atoms with E-state index >= 15 is 0 Å². The fourth-order valence-electron chi connectivity index (χ4n) is 4.30. The molecule has 1 aromatic rings. The summed E-state index contributed by atoms with van der Waals surface area (Å²) in [5.74, 6) is 1.04. The fourth-order valence-corrected chi connectivity index (χ4v) is 4.30. The molecular weight excluding hydrogens is 482 g/mol. The number of piperidine rings is 1. The number of anilines is 1. The molecule has 2 aliphatic heterocycles. The van der Waals surface area contributed by atoms with Crippen molar-refractivity contribution in [3.63, 3.8) is 0 Å². The number of rotatable bonds is 6. The summed E-state index contributed by atoms with van der Waals surface area (Å²) < 4.78 is 14.0. The number of likely N-dealkylation sites (tertiary alicyclic amines) is 1. The molecular formula is C21H36FIN6. The molecule has 3 heterocycles. The van der Waals surface area contributed by atoms with E-state index in [0.717, 1.165) is 38.6 Å². The van der Waals surface area contributed by atoms with Gasteiger partial charge in [0.05, 0.1) is 6.54 Å². The van der Waals surface area contributed by atoms with Crippen LogP contribution in [-0.2, 0) is 0 Å². The second-order valence-electron chi connectivity index (χ2n) is 8.04. The maximum Gasteiger partial charge on any atom is 0.191 e. The summed E-state index contributed by atoms with van der Waals surface area (Å²) in [5, 5.41) is 6.89. The molecule has 0 spiro atoms. The van der Waals surface area contributed by atoms with Gasteiger partial charge >= 0.3 is 0 Å². The standard InChI is InChI=1S/C21H35FN6.HI/c1-4-23-21(25-14-17(3)28-12-6-5-8-16(28)2)26-18-10-13-27(15-18)20-19(22)9-7-11-24-20;/h7,9,11,16-18H,4-6,8,10,12-15H2,1-3H3,(H2,23,25,26);1H. The molecule has 2 fully saturated rings. The molecule has 0 saturated carbocycles. The van der Waals surface area contributed by atoms with Crippen LogP contribution in [0.1, 0.15) is 46.5 Å². The Morgan fingerprint density at radius 2 is 2.17 bits per heavy atom. The predicted octanol–water partition coefficient (Wildman–Crippen LogP) is 3.24. The number of aliphatic imine (C=N–C) groups is 1. The van der Waals surface area contributed by atoms with E-state index in [9.17, 15) is 4.39 Å². The van der Waals surface area contributed by atoms with Crippen LogP contribution in [0.4, 0.5) is 10.2 Å². The lowest BCUT2D eigenvalue weighted by atomic mass is 10.0. The van der Waals surface area contributed by atoms with Gasteiger partial charge < -0.3 is 15.5 Å². The van der Waals surface area contributed by atoms with Crippen LogP contribution in [0.2, 0.25) is 0 Å². The Balaban J connectivity index is 0.00000300. The molecule has 1 aromatic heterocycles. The zero-order valence-corrected chi connectivity index (χ0v) is 20.2. The van der Waals surface area contributed by atoms with Gasteiger partial charge in [0.15, 0.2) is 17.6 Å². The first kappa shape index (κ1) is 24.1. The minimum Gasteiger partial charge on any atom is -0.357 e. The van der Waals surface area contributed by atoms with Crippen LogP contribution in [0.25, 0.3) is 0 Å². The van der Waals surface area contributed by atoms with Crippen molar-refractivity contribution in [2.45, 2.75) is 64.6 Å². The number of pyridine rings is 1. The van der Waals surface area contributed by atoms with Gasteiger partial charge in [-0.2, -0.15) is 0 Å². The van der Waals surface area contributed by atoms with Crippen molar-refractivity contribution in [3.05, 3.63) is 24.1 Å². The Morgan fingerprint density at radius 3 is 2.90 bits per heavy atom. The van der Waals surface area contributed by atoms with Gasteiger partial charge in [0, 0.05) is 44.0 Å². The van der Waals surface area contributed by atoms with Crippen molar-refractivity contribution < 1.29 is 4.39 Å². The molecule has 3 unspecified atom stereocenters. The van der Waals surface area contributed by atoms with Crippen molar-refractivity contribution in [1.29, 1.82) is 0 Å². The summed E-state index contributed by atoms with van der Waals surface area (Å²) >= 11 is 0. The monoisotopic (exact) mass is 518 g/mol. The van der Waals surface area contributed by atoms with Crippen molar-refractivity contribution in [3.8, 4) is 0 Å². The summed E-state index contributed by atoms with van der Waals surface area (Å²) in [5.41, 5.74) is 0. The predicted molar refractivity (Wildman–Crippen MR) is 129 cm³/mol. The summed E-state index contributed by atoms with van der Waals surface area (Å²) in [7, 11) is 0. The van der Waals surface area contributed by atoms with E-state index in [-0.39, 0.29) is 35.8 Å². The summed E-state index contributed by atoms with van der Waals surface area (Å²) in [6, 6.07) is 4.42. The molecule has 0 aliphatic carbocycles. The van der Waals surface area contributed by atoms with E-state index in [1.54, 1.807) is 12.3 Å². The Bertz CT molecular complexity index is 658. The van der Waals surface area contributed by atoms with Crippen molar-refractivity contribution in [2.75, 3.05) is 37.6 Å². The highest BCUT2D eigenvalue weighted by atomic mass is 127. The number of halogens is 2. The van der Waals surface area contributed by atoms with Crippen LogP contribution < -0.4 is 15.5 Å². The van der Waals surface area contributed by atoms with E-state index in [1.807, 2.05) is 4.90 Å². The Morgan fingerprint density at radius 1 is 1.34 bits per heavy atom. The molecule has 2 saturated heterocycles. The van der Waals surface area contributed by atoms with Gasteiger partial charge in [-0.25, -0.2) is 9.37 Å². The van der Waals surface area contributed by atoms with E-state index < -0.39 is 0 Å². The molecule has 8 heteroatoms. The van der Waals surface area contributed by atoms with Gasteiger partial charge in [-0.1, -0.05) is 6.42 Å². The van der Waals surface area contributed by atoms with Crippen LogP contribution >= 0.6 is 24.0 Å². The van der Waals surface area contributed by atoms with Crippen LogP contribution in [0, 0.1) is 5.82 Å².